The van der Waals surface area contributed by atoms with Crippen molar-refractivity contribution >= 4 is 35.0 Å². The second-order valence-electron chi connectivity index (χ2n) is 6.84. The van der Waals surface area contributed by atoms with Crippen molar-refractivity contribution in [1.82, 2.24) is 10.2 Å². The first kappa shape index (κ1) is 23.0. The van der Waals surface area contributed by atoms with E-state index in [0.717, 1.165) is 17.5 Å². The minimum atomic E-state index is -0.640. The summed E-state index contributed by atoms with van der Waals surface area (Å²) in [5.41, 5.74) is 2.03. The average Bonchev–Trinajstić information content (AvgIpc) is 2.69. The summed E-state index contributed by atoms with van der Waals surface area (Å²) >= 11 is 12.0. The molecule has 0 aliphatic heterocycles. The van der Waals surface area contributed by atoms with Crippen LogP contribution < -0.4 is 10.1 Å². The molecule has 156 valence electrons. The molecule has 0 heterocycles. The van der Waals surface area contributed by atoms with Gasteiger partial charge in [-0.2, -0.15) is 0 Å². The maximum Gasteiger partial charge on any atom is 0.261 e. The molecule has 0 aliphatic carbocycles. The second-order valence-corrected chi connectivity index (χ2v) is 7.68. The highest BCUT2D eigenvalue weighted by molar-refractivity contribution is 6.35. The zero-order valence-electron chi connectivity index (χ0n) is 16.9. The summed E-state index contributed by atoms with van der Waals surface area (Å²) in [6, 6.07) is 12.0. The lowest BCUT2D eigenvalue weighted by Crippen LogP contribution is -2.49. The van der Waals surface area contributed by atoms with Gasteiger partial charge in [-0.05, 0) is 44.0 Å². The van der Waals surface area contributed by atoms with E-state index in [4.69, 9.17) is 27.9 Å². The topological polar surface area (TPSA) is 58.6 Å². The second kappa shape index (κ2) is 11.1. The molecule has 0 fully saturated rings. The van der Waals surface area contributed by atoms with Crippen LogP contribution in [0.3, 0.4) is 0 Å². The van der Waals surface area contributed by atoms with Crippen LogP contribution in [0.5, 0.6) is 5.75 Å². The summed E-state index contributed by atoms with van der Waals surface area (Å²) in [6.45, 7) is 6.31. The van der Waals surface area contributed by atoms with E-state index >= 15 is 0 Å². The van der Waals surface area contributed by atoms with Crippen molar-refractivity contribution in [2.45, 2.75) is 39.8 Å². The highest BCUT2D eigenvalue weighted by Crippen LogP contribution is 2.27. The van der Waals surface area contributed by atoms with Crippen molar-refractivity contribution in [2.24, 2.45) is 0 Å². The van der Waals surface area contributed by atoms with Crippen LogP contribution in [0.4, 0.5) is 0 Å². The van der Waals surface area contributed by atoms with Crippen LogP contribution in [0, 0.1) is 6.92 Å². The van der Waals surface area contributed by atoms with Gasteiger partial charge in [-0.3, -0.25) is 9.59 Å². The van der Waals surface area contributed by atoms with E-state index in [0.29, 0.717) is 28.9 Å². The Labute approximate surface area is 181 Å². The highest BCUT2D eigenvalue weighted by atomic mass is 35.5. The Kier molecular flexibility index (Phi) is 8.80. The molecule has 5 nitrogen and oxygen atoms in total. The summed E-state index contributed by atoms with van der Waals surface area (Å²) in [7, 11) is 0. The molecule has 2 aromatic rings. The monoisotopic (exact) mass is 436 g/mol. The van der Waals surface area contributed by atoms with Gasteiger partial charge in [-0.1, -0.05) is 60.0 Å². The molecular weight excluding hydrogens is 411 g/mol. The number of hydrogen-bond acceptors (Lipinski definition) is 3. The Bertz CT molecular complexity index is 858. The van der Waals surface area contributed by atoms with E-state index in [2.05, 4.69) is 5.32 Å². The first-order valence-electron chi connectivity index (χ1n) is 9.52. The predicted molar refractivity (Wildman–Crippen MR) is 116 cm³/mol. The van der Waals surface area contributed by atoms with E-state index in [1.165, 1.54) is 4.90 Å². The molecule has 2 rings (SSSR count). The van der Waals surface area contributed by atoms with Crippen LogP contribution in [0.1, 0.15) is 31.4 Å². The molecule has 0 aliphatic rings. The van der Waals surface area contributed by atoms with Crippen molar-refractivity contribution in [3.05, 3.63) is 63.6 Å². The van der Waals surface area contributed by atoms with Crippen LogP contribution >= 0.6 is 23.2 Å². The molecule has 7 heteroatoms. The number of halogens is 2. The molecule has 0 bridgehead atoms. The van der Waals surface area contributed by atoms with Crippen molar-refractivity contribution in [3.63, 3.8) is 0 Å². The van der Waals surface area contributed by atoms with Crippen LogP contribution in [0.15, 0.2) is 42.5 Å². The highest BCUT2D eigenvalue weighted by Gasteiger charge is 2.26. The van der Waals surface area contributed by atoms with Gasteiger partial charge in [0.05, 0.1) is 5.02 Å². The summed E-state index contributed by atoms with van der Waals surface area (Å²) in [5.74, 6) is -0.142. The van der Waals surface area contributed by atoms with Crippen molar-refractivity contribution in [2.75, 3.05) is 13.2 Å². The van der Waals surface area contributed by atoms with Gasteiger partial charge >= 0.3 is 0 Å². The number of carbonyl (C=O) groups excluding carboxylic acids is 2. The smallest absolute Gasteiger partial charge is 0.261 e. The van der Waals surface area contributed by atoms with Crippen molar-refractivity contribution in [1.29, 1.82) is 0 Å². The molecule has 0 radical (unpaired) electrons. The molecule has 1 N–H and O–H groups in total. The first-order chi connectivity index (χ1) is 13.8. The molecule has 0 spiro atoms. The molecular formula is C22H26Cl2N2O3. The number of amides is 2. The Morgan fingerprint density at radius 2 is 1.93 bits per heavy atom. The number of carbonyl (C=O) groups is 2. The average molecular weight is 437 g/mol. The Morgan fingerprint density at radius 3 is 2.59 bits per heavy atom. The fourth-order valence-electron chi connectivity index (χ4n) is 2.80. The largest absolute Gasteiger partial charge is 0.482 e. The lowest BCUT2D eigenvalue weighted by molar-refractivity contribution is -0.142. The van der Waals surface area contributed by atoms with E-state index in [-0.39, 0.29) is 18.4 Å². The minimum Gasteiger partial charge on any atom is -0.482 e. The van der Waals surface area contributed by atoms with Gasteiger partial charge in [0.15, 0.2) is 6.61 Å². The number of aryl methyl sites for hydroxylation is 1. The quantitative estimate of drug-likeness (QED) is 0.623. The molecule has 1 atom stereocenters. The fourth-order valence-corrected chi connectivity index (χ4v) is 3.26. The van der Waals surface area contributed by atoms with E-state index in [1.54, 1.807) is 25.1 Å². The van der Waals surface area contributed by atoms with E-state index in [1.807, 2.05) is 38.1 Å². The van der Waals surface area contributed by atoms with Crippen LogP contribution in [0.2, 0.25) is 10.0 Å². The van der Waals surface area contributed by atoms with Gasteiger partial charge in [-0.15, -0.1) is 0 Å². The normalized spacial score (nSPS) is 11.6. The van der Waals surface area contributed by atoms with Crippen LogP contribution in [-0.4, -0.2) is 35.9 Å². The number of hydrogen-bond donors (Lipinski definition) is 1. The third-order valence-electron chi connectivity index (χ3n) is 4.40. The SMILES string of the molecule is CCCNC(=O)C(C)N(Cc1cccc(C)c1)C(=O)COc1ccc(Cl)cc1Cl. The van der Waals surface area contributed by atoms with Crippen LogP contribution in [-0.2, 0) is 16.1 Å². The molecule has 1 unspecified atom stereocenters. The summed E-state index contributed by atoms with van der Waals surface area (Å²) < 4.78 is 5.59. The maximum atomic E-state index is 13.0. The molecule has 2 aromatic carbocycles. The lowest BCUT2D eigenvalue weighted by atomic mass is 10.1. The molecule has 29 heavy (non-hydrogen) atoms. The number of ether oxygens (including phenoxy) is 1. The fraction of sp³-hybridized carbons (Fsp3) is 0.364. The maximum absolute atomic E-state index is 13.0. The zero-order chi connectivity index (χ0) is 21.4. The van der Waals surface area contributed by atoms with E-state index in [9.17, 15) is 9.59 Å². The first-order valence-corrected chi connectivity index (χ1v) is 10.3. The Balaban J connectivity index is 2.15. The summed E-state index contributed by atoms with van der Waals surface area (Å²) in [5, 5.41) is 3.65. The number of nitrogens with one attached hydrogen (secondary N) is 1. The van der Waals surface area contributed by atoms with Gasteiger partial charge in [0.1, 0.15) is 11.8 Å². The van der Waals surface area contributed by atoms with Gasteiger partial charge < -0.3 is 15.0 Å². The van der Waals surface area contributed by atoms with Crippen molar-refractivity contribution < 1.29 is 14.3 Å². The Morgan fingerprint density at radius 1 is 1.17 bits per heavy atom. The third-order valence-corrected chi connectivity index (χ3v) is 4.93. The van der Waals surface area contributed by atoms with Gasteiger partial charge in [-0.25, -0.2) is 0 Å². The molecule has 2 amide bonds. The molecule has 0 saturated heterocycles. The molecule has 0 saturated carbocycles. The third kappa shape index (κ3) is 6.94. The number of benzene rings is 2. The summed E-state index contributed by atoms with van der Waals surface area (Å²) in [6.07, 6.45) is 0.822. The lowest BCUT2D eigenvalue weighted by Gasteiger charge is -2.29. The number of nitrogens with zero attached hydrogens (tertiary/aromatic N) is 1. The summed E-state index contributed by atoms with van der Waals surface area (Å²) in [4.78, 5) is 27.0. The predicted octanol–water partition coefficient (Wildman–Crippen LogP) is 4.62. The Hall–Kier alpha value is -2.24. The van der Waals surface area contributed by atoms with Crippen molar-refractivity contribution in [3.8, 4) is 5.75 Å². The van der Waals surface area contributed by atoms with Crippen LogP contribution in [0.25, 0.3) is 0 Å². The van der Waals surface area contributed by atoms with E-state index < -0.39 is 6.04 Å². The van der Waals surface area contributed by atoms with Gasteiger partial charge in [0.25, 0.3) is 5.91 Å². The standard InChI is InChI=1S/C22H26Cl2N2O3/c1-4-10-25-22(28)16(3)26(13-17-7-5-6-15(2)11-17)21(27)14-29-20-9-8-18(23)12-19(20)24/h5-9,11-12,16H,4,10,13-14H2,1-3H3,(H,25,28). The van der Waals surface area contributed by atoms with Gasteiger partial charge in [0.2, 0.25) is 5.91 Å². The molecule has 0 aromatic heterocycles. The van der Waals surface area contributed by atoms with Gasteiger partial charge in [0, 0.05) is 18.1 Å². The zero-order valence-corrected chi connectivity index (χ0v) is 18.4. The minimum absolute atomic E-state index is 0.197. The number of rotatable bonds is 9.